The number of amides is 2. The second-order valence-corrected chi connectivity index (χ2v) is 7.54. The molecule has 0 saturated carbocycles. The van der Waals surface area contributed by atoms with Crippen LogP contribution in [-0.2, 0) is 4.79 Å². The Morgan fingerprint density at radius 3 is 2.13 bits per heavy atom. The van der Waals surface area contributed by atoms with Crippen molar-refractivity contribution in [2.45, 2.75) is 19.8 Å². The van der Waals surface area contributed by atoms with Gasteiger partial charge in [-0.05, 0) is 66.1 Å². The van der Waals surface area contributed by atoms with Crippen LogP contribution in [0.15, 0.2) is 72.8 Å². The van der Waals surface area contributed by atoms with E-state index >= 15 is 0 Å². The van der Waals surface area contributed by atoms with Crippen LogP contribution in [0.25, 0.3) is 0 Å². The van der Waals surface area contributed by atoms with Crippen LogP contribution >= 0.6 is 11.6 Å². The molecule has 0 saturated heterocycles. The van der Waals surface area contributed by atoms with E-state index in [4.69, 9.17) is 16.3 Å². The lowest BCUT2D eigenvalue weighted by Crippen LogP contribution is -2.20. The number of hydrogen-bond donors (Lipinski definition) is 2. The van der Waals surface area contributed by atoms with Crippen LogP contribution in [0, 0.1) is 0 Å². The minimum atomic E-state index is -0.265. The number of ether oxygens (including phenoxy) is 1. The van der Waals surface area contributed by atoms with Gasteiger partial charge in [0, 0.05) is 22.0 Å². The smallest absolute Gasteiger partial charge is 0.262 e. The fourth-order valence-corrected chi connectivity index (χ4v) is 2.96. The molecule has 0 radical (unpaired) electrons. The number of rotatable bonds is 7. The van der Waals surface area contributed by atoms with E-state index in [9.17, 15) is 9.59 Å². The summed E-state index contributed by atoms with van der Waals surface area (Å²) >= 11 is 5.91. The molecule has 2 N–H and O–H groups in total. The summed E-state index contributed by atoms with van der Waals surface area (Å²) in [5, 5.41) is 6.06. The standard InChI is InChI=1S/C24H23ClN2O3/c1-16(2)17-6-12-22(13-7-17)30-15-23(28)26-20-8-10-21(11-9-20)27-24(29)18-4-3-5-19(25)14-18/h3-14,16H,15H2,1-2H3,(H,26,28)(H,27,29). The maximum Gasteiger partial charge on any atom is 0.262 e. The van der Waals surface area contributed by atoms with Crippen molar-refractivity contribution in [2.75, 3.05) is 17.2 Å². The molecule has 0 fully saturated rings. The highest BCUT2D eigenvalue weighted by molar-refractivity contribution is 6.31. The van der Waals surface area contributed by atoms with E-state index in [1.165, 1.54) is 5.56 Å². The van der Waals surface area contributed by atoms with Gasteiger partial charge in [0.2, 0.25) is 0 Å². The van der Waals surface area contributed by atoms with Crippen molar-refractivity contribution in [2.24, 2.45) is 0 Å². The average Bonchev–Trinajstić information content (AvgIpc) is 2.74. The molecule has 0 aliphatic heterocycles. The summed E-state index contributed by atoms with van der Waals surface area (Å²) in [6.07, 6.45) is 0. The number of halogens is 1. The first kappa shape index (κ1) is 21.4. The highest BCUT2D eigenvalue weighted by Crippen LogP contribution is 2.19. The average molecular weight is 423 g/mol. The molecule has 3 aromatic rings. The predicted molar refractivity (Wildman–Crippen MR) is 121 cm³/mol. The fourth-order valence-electron chi connectivity index (χ4n) is 2.76. The lowest BCUT2D eigenvalue weighted by Gasteiger charge is -2.10. The molecule has 0 aliphatic carbocycles. The van der Waals surface area contributed by atoms with Gasteiger partial charge in [-0.2, -0.15) is 0 Å². The van der Waals surface area contributed by atoms with Crippen LogP contribution in [0.1, 0.15) is 35.7 Å². The number of carbonyl (C=O) groups excluding carboxylic acids is 2. The maximum absolute atomic E-state index is 12.3. The zero-order chi connectivity index (χ0) is 21.5. The summed E-state index contributed by atoms with van der Waals surface area (Å²) in [6.45, 7) is 4.16. The Morgan fingerprint density at radius 2 is 1.53 bits per heavy atom. The Bertz CT molecular complexity index is 1020. The monoisotopic (exact) mass is 422 g/mol. The maximum atomic E-state index is 12.3. The minimum Gasteiger partial charge on any atom is -0.484 e. The van der Waals surface area contributed by atoms with Gasteiger partial charge in [-0.3, -0.25) is 9.59 Å². The molecule has 0 heterocycles. The molecule has 154 valence electrons. The highest BCUT2D eigenvalue weighted by Gasteiger charge is 2.08. The first-order chi connectivity index (χ1) is 14.4. The van der Waals surface area contributed by atoms with Crippen LogP contribution in [0.5, 0.6) is 5.75 Å². The Labute approximate surface area is 181 Å². The van der Waals surface area contributed by atoms with E-state index in [0.29, 0.717) is 33.6 Å². The zero-order valence-electron chi connectivity index (χ0n) is 16.8. The van der Waals surface area contributed by atoms with Gasteiger partial charge in [0.05, 0.1) is 0 Å². The summed E-state index contributed by atoms with van der Waals surface area (Å²) < 4.78 is 5.53. The molecule has 6 heteroatoms. The molecule has 3 rings (SSSR count). The summed E-state index contributed by atoms with van der Waals surface area (Å²) in [7, 11) is 0. The summed E-state index contributed by atoms with van der Waals surface area (Å²) in [6, 6.07) is 21.3. The normalized spacial score (nSPS) is 10.5. The zero-order valence-corrected chi connectivity index (χ0v) is 17.6. The molecule has 5 nitrogen and oxygen atoms in total. The highest BCUT2D eigenvalue weighted by atomic mass is 35.5. The SMILES string of the molecule is CC(C)c1ccc(OCC(=O)Nc2ccc(NC(=O)c3cccc(Cl)c3)cc2)cc1. The number of nitrogens with one attached hydrogen (secondary N) is 2. The van der Waals surface area contributed by atoms with Crippen LogP contribution in [0.4, 0.5) is 11.4 Å². The van der Waals surface area contributed by atoms with E-state index < -0.39 is 0 Å². The van der Waals surface area contributed by atoms with Crippen molar-refractivity contribution in [1.29, 1.82) is 0 Å². The Hall–Kier alpha value is -3.31. The van der Waals surface area contributed by atoms with E-state index in [-0.39, 0.29) is 18.4 Å². The summed E-state index contributed by atoms with van der Waals surface area (Å²) in [4.78, 5) is 24.4. The van der Waals surface area contributed by atoms with Gasteiger partial charge in [0.1, 0.15) is 5.75 Å². The van der Waals surface area contributed by atoms with E-state index in [1.807, 2.05) is 24.3 Å². The molecule has 0 aromatic heterocycles. The van der Waals surface area contributed by atoms with Crippen LogP contribution in [0.3, 0.4) is 0 Å². The van der Waals surface area contributed by atoms with Crippen molar-refractivity contribution in [3.8, 4) is 5.75 Å². The van der Waals surface area contributed by atoms with Crippen molar-refractivity contribution >= 4 is 34.8 Å². The third-order valence-corrected chi connectivity index (χ3v) is 4.67. The molecule has 2 amide bonds. The van der Waals surface area contributed by atoms with Gasteiger partial charge in [0.25, 0.3) is 11.8 Å². The van der Waals surface area contributed by atoms with E-state index in [2.05, 4.69) is 24.5 Å². The second-order valence-electron chi connectivity index (χ2n) is 7.10. The first-order valence-corrected chi connectivity index (χ1v) is 9.98. The molecule has 30 heavy (non-hydrogen) atoms. The van der Waals surface area contributed by atoms with Gasteiger partial charge in [-0.15, -0.1) is 0 Å². The molecule has 0 unspecified atom stereocenters. The Kier molecular flexibility index (Phi) is 7.09. The quantitative estimate of drug-likeness (QED) is 0.510. The topological polar surface area (TPSA) is 67.4 Å². The van der Waals surface area contributed by atoms with E-state index in [0.717, 1.165) is 0 Å². The van der Waals surface area contributed by atoms with Gasteiger partial charge in [-0.1, -0.05) is 43.6 Å². The second kappa shape index (κ2) is 9.94. The number of benzene rings is 3. The third kappa shape index (κ3) is 6.09. The van der Waals surface area contributed by atoms with Gasteiger partial charge in [0.15, 0.2) is 6.61 Å². The molecule has 3 aromatic carbocycles. The molecule has 0 aliphatic rings. The third-order valence-electron chi connectivity index (χ3n) is 4.43. The molecular weight excluding hydrogens is 400 g/mol. The predicted octanol–water partition coefficient (Wildman–Crippen LogP) is 5.73. The molecule has 0 atom stereocenters. The Balaban J connectivity index is 1.50. The van der Waals surface area contributed by atoms with Crippen LogP contribution in [-0.4, -0.2) is 18.4 Å². The lowest BCUT2D eigenvalue weighted by molar-refractivity contribution is -0.118. The largest absolute Gasteiger partial charge is 0.484 e. The number of carbonyl (C=O) groups is 2. The molecular formula is C24H23ClN2O3. The number of hydrogen-bond acceptors (Lipinski definition) is 3. The first-order valence-electron chi connectivity index (χ1n) is 9.60. The minimum absolute atomic E-state index is 0.0890. The van der Waals surface area contributed by atoms with Crippen molar-refractivity contribution in [1.82, 2.24) is 0 Å². The molecule has 0 spiro atoms. The Morgan fingerprint density at radius 1 is 0.900 bits per heavy atom. The van der Waals surface area contributed by atoms with Gasteiger partial charge >= 0.3 is 0 Å². The van der Waals surface area contributed by atoms with Crippen molar-refractivity contribution in [3.05, 3.63) is 88.9 Å². The summed E-state index contributed by atoms with van der Waals surface area (Å²) in [5.74, 6) is 0.569. The van der Waals surface area contributed by atoms with Gasteiger partial charge < -0.3 is 15.4 Å². The molecule has 0 bridgehead atoms. The van der Waals surface area contributed by atoms with E-state index in [1.54, 1.807) is 48.5 Å². The number of anilines is 2. The van der Waals surface area contributed by atoms with Crippen LogP contribution in [0.2, 0.25) is 5.02 Å². The van der Waals surface area contributed by atoms with Crippen molar-refractivity contribution in [3.63, 3.8) is 0 Å². The van der Waals surface area contributed by atoms with Crippen molar-refractivity contribution < 1.29 is 14.3 Å². The van der Waals surface area contributed by atoms with Gasteiger partial charge in [-0.25, -0.2) is 0 Å². The van der Waals surface area contributed by atoms with Crippen LogP contribution < -0.4 is 15.4 Å². The fraction of sp³-hybridized carbons (Fsp3) is 0.167. The lowest BCUT2D eigenvalue weighted by atomic mass is 10.0. The summed E-state index contributed by atoms with van der Waals surface area (Å²) in [5.41, 5.74) is 2.91.